The highest BCUT2D eigenvalue weighted by atomic mass is 79.9. The number of phenolic OH excluding ortho intramolecular Hbond substituents is 1. The van der Waals surface area contributed by atoms with Crippen molar-refractivity contribution >= 4 is 27.8 Å². The Morgan fingerprint density at radius 3 is 2.69 bits per heavy atom. The number of benzene rings is 1. The van der Waals surface area contributed by atoms with Gasteiger partial charge in [-0.15, -0.1) is 0 Å². The largest absolute Gasteiger partial charge is 0.507 e. The summed E-state index contributed by atoms with van der Waals surface area (Å²) in [5.41, 5.74) is 1.89. The first-order valence-corrected chi connectivity index (χ1v) is 4.92. The molecule has 0 bridgehead atoms. The van der Waals surface area contributed by atoms with E-state index in [1.54, 1.807) is 6.07 Å². The topological polar surface area (TPSA) is 95.9 Å². The normalized spacial score (nSPS) is 9.81. The quantitative estimate of drug-likeness (QED) is 0.716. The van der Waals surface area contributed by atoms with Crippen LogP contribution in [0.4, 0.5) is 0 Å². The summed E-state index contributed by atoms with van der Waals surface area (Å²) >= 11 is 3.12. The molecular weight excluding hydrogens is 282 g/mol. The molecule has 0 saturated carbocycles. The number of halogens is 1. The lowest BCUT2D eigenvalue weighted by Gasteiger charge is -2.05. The fraction of sp³-hybridized carbons (Fsp3) is 0.111. The minimum Gasteiger partial charge on any atom is -0.507 e. The SMILES string of the molecule is O=C(O)CONC(=O)c1ccc(Br)cc1O. The number of hydroxylamine groups is 1. The van der Waals surface area contributed by atoms with Gasteiger partial charge in [-0.3, -0.25) is 9.63 Å². The van der Waals surface area contributed by atoms with Crippen LogP contribution in [0.5, 0.6) is 5.75 Å². The standard InChI is InChI=1S/C9H8BrNO5/c10-5-1-2-6(7(12)3-5)9(15)11-16-4-8(13)14/h1-3,12H,4H2,(H,11,15)(H,13,14). The number of amides is 1. The van der Waals surface area contributed by atoms with Gasteiger partial charge in [-0.2, -0.15) is 0 Å². The molecule has 16 heavy (non-hydrogen) atoms. The summed E-state index contributed by atoms with van der Waals surface area (Å²) in [6, 6.07) is 4.27. The molecule has 3 N–H and O–H groups in total. The van der Waals surface area contributed by atoms with Crippen LogP contribution in [0.15, 0.2) is 22.7 Å². The van der Waals surface area contributed by atoms with Crippen LogP contribution in [0, 0.1) is 0 Å². The Bertz CT molecular complexity index is 420. The number of hydrogen-bond acceptors (Lipinski definition) is 4. The van der Waals surface area contributed by atoms with E-state index < -0.39 is 18.5 Å². The minimum atomic E-state index is -1.21. The van der Waals surface area contributed by atoms with Crippen LogP contribution in [0.25, 0.3) is 0 Å². The molecule has 0 aliphatic rings. The van der Waals surface area contributed by atoms with E-state index in [1.807, 2.05) is 5.48 Å². The highest BCUT2D eigenvalue weighted by molar-refractivity contribution is 9.10. The van der Waals surface area contributed by atoms with Crippen LogP contribution < -0.4 is 5.48 Å². The van der Waals surface area contributed by atoms with Crippen molar-refractivity contribution in [3.05, 3.63) is 28.2 Å². The lowest BCUT2D eigenvalue weighted by molar-refractivity contribution is -0.144. The van der Waals surface area contributed by atoms with Crippen LogP contribution in [-0.4, -0.2) is 28.7 Å². The van der Waals surface area contributed by atoms with Gasteiger partial charge in [-0.1, -0.05) is 15.9 Å². The third-order valence-corrected chi connectivity index (χ3v) is 2.06. The number of aromatic hydroxyl groups is 1. The van der Waals surface area contributed by atoms with Gasteiger partial charge in [0.05, 0.1) is 5.56 Å². The first-order valence-electron chi connectivity index (χ1n) is 4.13. The second-order valence-electron chi connectivity index (χ2n) is 2.78. The van der Waals surface area contributed by atoms with Gasteiger partial charge in [0.1, 0.15) is 5.75 Å². The Labute approximate surface area is 98.9 Å². The van der Waals surface area contributed by atoms with Crippen molar-refractivity contribution in [2.75, 3.05) is 6.61 Å². The molecule has 0 atom stereocenters. The second-order valence-corrected chi connectivity index (χ2v) is 3.69. The van der Waals surface area contributed by atoms with Crippen molar-refractivity contribution in [3.63, 3.8) is 0 Å². The van der Waals surface area contributed by atoms with Crippen molar-refractivity contribution in [2.45, 2.75) is 0 Å². The van der Waals surface area contributed by atoms with Crippen LogP contribution in [0.3, 0.4) is 0 Å². The van der Waals surface area contributed by atoms with E-state index in [0.29, 0.717) is 4.47 Å². The highest BCUT2D eigenvalue weighted by Gasteiger charge is 2.11. The Morgan fingerprint density at radius 1 is 1.44 bits per heavy atom. The molecule has 0 aliphatic heterocycles. The monoisotopic (exact) mass is 289 g/mol. The number of hydrogen-bond donors (Lipinski definition) is 3. The molecule has 1 aromatic carbocycles. The first kappa shape index (κ1) is 12.5. The average molecular weight is 290 g/mol. The van der Waals surface area contributed by atoms with Crippen molar-refractivity contribution in [1.82, 2.24) is 5.48 Å². The van der Waals surface area contributed by atoms with Crippen LogP contribution in [0.2, 0.25) is 0 Å². The van der Waals surface area contributed by atoms with Gasteiger partial charge in [-0.05, 0) is 18.2 Å². The Kier molecular flexibility index (Phi) is 4.27. The van der Waals surface area contributed by atoms with Gasteiger partial charge >= 0.3 is 5.97 Å². The van der Waals surface area contributed by atoms with Crippen LogP contribution >= 0.6 is 15.9 Å². The Balaban J connectivity index is 2.63. The number of phenols is 1. The van der Waals surface area contributed by atoms with Crippen LogP contribution in [0.1, 0.15) is 10.4 Å². The van der Waals surface area contributed by atoms with Gasteiger partial charge in [0.25, 0.3) is 5.91 Å². The third-order valence-electron chi connectivity index (χ3n) is 1.56. The number of carboxylic acid groups (broad SMARTS) is 1. The molecule has 0 spiro atoms. The molecule has 0 radical (unpaired) electrons. The summed E-state index contributed by atoms with van der Waals surface area (Å²) in [6.07, 6.45) is 0. The Morgan fingerprint density at radius 2 is 2.12 bits per heavy atom. The molecule has 86 valence electrons. The highest BCUT2D eigenvalue weighted by Crippen LogP contribution is 2.21. The van der Waals surface area contributed by atoms with Crippen molar-refractivity contribution in [2.24, 2.45) is 0 Å². The zero-order valence-electron chi connectivity index (χ0n) is 7.94. The number of carbonyl (C=O) groups is 2. The molecule has 1 rings (SSSR count). The predicted molar refractivity (Wildman–Crippen MR) is 56.9 cm³/mol. The van der Waals surface area contributed by atoms with E-state index in [9.17, 15) is 14.7 Å². The zero-order valence-corrected chi connectivity index (χ0v) is 9.52. The molecule has 0 aromatic heterocycles. The molecule has 0 aliphatic carbocycles. The summed E-state index contributed by atoms with van der Waals surface area (Å²) in [5.74, 6) is -2.16. The van der Waals surface area contributed by atoms with Gasteiger partial charge in [0, 0.05) is 4.47 Å². The minimum absolute atomic E-state index is 0.00594. The molecular formula is C9H8BrNO5. The van der Waals surface area contributed by atoms with E-state index in [-0.39, 0.29) is 11.3 Å². The summed E-state index contributed by atoms with van der Waals surface area (Å²) in [5, 5.41) is 17.7. The van der Waals surface area contributed by atoms with Crippen molar-refractivity contribution < 1.29 is 24.6 Å². The Hall–Kier alpha value is -1.60. The molecule has 0 unspecified atom stereocenters. The number of carboxylic acids is 1. The van der Waals surface area contributed by atoms with E-state index in [4.69, 9.17) is 5.11 Å². The summed E-state index contributed by atoms with van der Waals surface area (Å²) in [7, 11) is 0. The molecule has 6 nitrogen and oxygen atoms in total. The van der Waals surface area contributed by atoms with Crippen LogP contribution in [-0.2, 0) is 9.63 Å². The van der Waals surface area contributed by atoms with E-state index in [1.165, 1.54) is 12.1 Å². The number of nitrogens with one attached hydrogen (secondary N) is 1. The maximum Gasteiger partial charge on any atom is 0.332 e. The summed E-state index contributed by atoms with van der Waals surface area (Å²) in [4.78, 5) is 25.8. The molecule has 0 saturated heterocycles. The van der Waals surface area contributed by atoms with Gasteiger partial charge < -0.3 is 10.2 Å². The number of carbonyl (C=O) groups excluding carboxylic acids is 1. The van der Waals surface area contributed by atoms with Crippen molar-refractivity contribution in [1.29, 1.82) is 0 Å². The summed E-state index contributed by atoms with van der Waals surface area (Å²) in [6.45, 7) is -0.650. The molecule has 1 aromatic rings. The molecule has 0 fully saturated rings. The lowest BCUT2D eigenvalue weighted by atomic mass is 10.2. The van der Waals surface area contributed by atoms with E-state index in [0.717, 1.165) is 0 Å². The maximum absolute atomic E-state index is 11.4. The number of aliphatic carboxylic acids is 1. The first-order chi connectivity index (χ1) is 7.50. The van der Waals surface area contributed by atoms with Gasteiger partial charge in [0.2, 0.25) is 0 Å². The number of rotatable bonds is 4. The predicted octanol–water partition coefficient (Wildman–Crippen LogP) is 0.901. The second kappa shape index (κ2) is 5.47. The van der Waals surface area contributed by atoms with E-state index in [2.05, 4.69) is 20.8 Å². The van der Waals surface area contributed by atoms with Gasteiger partial charge in [-0.25, -0.2) is 10.3 Å². The third kappa shape index (κ3) is 3.52. The average Bonchev–Trinajstić information content (AvgIpc) is 2.16. The molecule has 0 heterocycles. The fourth-order valence-electron chi connectivity index (χ4n) is 0.915. The van der Waals surface area contributed by atoms with E-state index >= 15 is 0 Å². The van der Waals surface area contributed by atoms with Crippen molar-refractivity contribution in [3.8, 4) is 5.75 Å². The zero-order chi connectivity index (χ0) is 12.1. The smallest absolute Gasteiger partial charge is 0.332 e. The maximum atomic E-state index is 11.4. The lowest BCUT2D eigenvalue weighted by Crippen LogP contribution is -2.26. The molecule has 7 heteroatoms. The summed E-state index contributed by atoms with van der Waals surface area (Å²) < 4.78 is 0.619. The fourth-order valence-corrected chi connectivity index (χ4v) is 1.26. The molecule has 1 amide bonds. The van der Waals surface area contributed by atoms with Gasteiger partial charge in [0.15, 0.2) is 6.61 Å².